The van der Waals surface area contributed by atoms with Crippen LogP contribution in [0.2, 0.25) is 0 Å². The lowest BCUT2D eigenvalue weighted by molar-refractivity contribution is 0.0730. The highest BCUT2D eigenvalue weighted by molar-refractivity contribution is 5.91. The number of ether oxygens (including phenoxy) is 1. The van der Waals surface area contributed by atoms with E-state index in [1.807, 2.05) is 49.4 Å². The Morgan fingerprint density at radius 3 is 2.47 bits per heavy atom. The molecular weight excluding hydrogens is 381 g/mol. The number of nitrogens with one attached hydrogen (secondary N) is 1. The molecule has 0 aliphatic heterocycles. The number of nitrogens with zero attached hydrogens (tertiary/aromatic N) is 2. The number of hydrogen-bond acceptors (Lipinski definition) is 5. The summed E-state index contributed by atoms with van der Waals surface area (Å²) >= 11 is 0. The summed E-state index contributed by atoms with van der Waals surface area (Å²) in [6, 6.07) is 24.2. The average molecular weight is 399 g/mol. The highest BCUT2D eigenvalue weighted by Gasteiger charge is 2.13. The molecule has 1 aromatic heterocycles. The molecule has 0 spiro atoms. The minimum Gasteiger partial charge on any atom is -0.423 e. The summed E-state index contributed by atoms with van der Waals surface area (Å²) in [5.74, 6) is 0.151. The number of anilines is 2. The smallest absolute Gasteiger partial charge is 0.346 e. The van der Waals surface area contributed by atoms with E-state index in [0.29, 0.717) is 23.1 Å². The molecule has 6 heteroatoms. The fraction of sp³-hybridized carbons (Fsp3) is 0.0417. The van der Waals surface area contributed by atoms with Crippen molar-refractivity contribution in [2.24, 2.45) is 0 Å². The second kappa shape index (κ2) is 8.53. The second-order valence-corrected chi connectivity index (χ2v) is 6.57. The first-order chi connectivity index (χ1) is 14.6. The largest absolute Gasteiger partial charge is 0.423 e. The molecule has 5 nitrogen and oxygen atoms in total. The quantitative estimate of drug-likeness (QED) is 0.352. The van der Waals surface area contributed by atoms with Gasteiger partial charge in [-0.25, -0.2) is 19.2 Å². The predicted molar refractivity (Wildman–Crippen MR) is 113 cm³/mol. The van der Waals surface area contributed by atoms with Gasteiger partial charge in [-0.2, -0.15) is 0 Å². The number of carbonyl (C=O) groups excluding carboxylic acids is 1. The highest BCUT2D eigenvalue weighted by Crippen LogP contribution is 2.24. The summed E-state index contributed by atoms with van der Waals surface area (Å²) in [6.07, 6.45) is 0. The Morgan fingerprint density at radius 2 is 1.67 bits per heavy atom. The van der Waals surface area contributed by atoms with Crippen molar-refractivity contribution in [1.82, 2.24) is 9.97 Å². The Hall–Kier alpha value is -4.06. The van der Waals surface area contributed by atoms with Crippen LogP contribution in [0.3, 0.4) is 0 Å². The minimum absolute atomic E-state index is 0.116. The standard InChI is InChI=1S/C24H18FN3O2/c1-16-26-22(17-8-3-2-4-9-17)15-23(27-16)28-18-10-7-11-19(14-18)30-24(29)20-12-5-6-13-21(20)25/h2-15H,1H3,(H,26,27,28). The number of aryl methyl sites for hydroxylation is 1. The molecule has 1 heterocycles. The molecule has 0 aliphatic rings. The summed E-state index contributed by atoms with van der Waals surface area (Å²) in [4.78, 5) is 21.2. The van der Waals surface area contributed by atoms with Crippen LogP contribution in [-0.2, 0) is 0 Å². The molecule has 0 aliphatic carbocycles. The first-order valence-electron chi connectivity index (χ1n) is 9.33. The fourth-order valence-corrected chi connectivity index (χ4v) is 2.96. The van der Waals surface area contributed by atoms with Crippen molar-refractivity contribution in [2.75, 3.05) is 5.32 Å². The number of halogens is 1. The van der Waals surface area contributed by atoms with E-state index in [2.05, 4.69) is 15.3 Å². The Balaban J connectivity index is 1.54. The van der Waals surface area contributed by atoms with E-state index in [1.54, 1.807) is 24.3 Å². The van der Waals surface area contributed by atoms with Gasteiger partial charge in [0.2, 0.25) is 0 Å². The van der Waals surface area contributed by atoms with Gasteiger partial charge in [0.15, 0.2) is 0 Å². The van der Waals surface area contributed by atoms with Gasteiger partial charge in [-0.15, -0.1) is 0 Å². The molecule has 4 rings (SSSR count). The van der Waals surface area contributed by atoms with Gasteiger partial charge in [0.05, 0.1) is 11.3 Å². The number of carbonyl (C=O) groups is 1. The van der Waals surface area contributed by atoms with E-state index in [1.165, 1.54) is 18.2 Å². The van der Waals surface area contributed by atoms with Crippen molar-refractivity contribution in [1.29, 1.82) is 0 Å². The number of esters is 1. The molecule has 0 saturated heterocycles. The third-order valence-electron chi connectivity index (χ3n) is 4.32. The number of hydrogen-bond donors (Lipinski definition) is 1. The first-order valence-corrected chi connectivity index (χ1v) is 9.33. The van der Waals surface area contributed by atoms with Crippen molar-refractivity contribution in [3.63, 3.8) is 0 Å². The van der Waals surface area contributed by atoms with Crippen LogP contribution in [0.4, 0.5) is 15.9 Å². The van der Waals surface area contributed by atoms with Crippen molar-refractivity contribution in [2.45, 2.75) is 6.92 Å². The zero-order valence-corrected chi connectivity index (χ0v) is 16.2. The van der Waals surface area contributed by atoms with Crippen LogP contribution in [0, 0.1) is 12.7 Å². The molecule has 4 aromatic rings. The Bertz CT molecular complexity index is 1200. The molecule has 0 radical (unpaired) electrons. The number of aromatic nitrogens is 2. The van der Waals surface area contributed by atoms with Crippen molar-refractivity contribution < 1.29 is 13.9 Å². The summed E-state index contributed by atoms with van der Waals surface area (Å²) < 4.78 is 19.1. The number of benzene rings is 3. The van der Waals surface area contributed by atoms with Crippen LogP contribution >= 0.6 is 0 Å². The Morgan fingerprint density at radius 1 is 0.900 bits per heavy atom. The average Bonchev–Trinajstić information content (AvgIpc) is 2.74. The zero-order valence-electron chi connectivity index (χ0n) is 16.2. The van der Waals surface area contributed by atoms with Crippen LogP contribution in [0.15, 0.2) is 84.9 Å². The fourth-order valence-electron chi connectivity index (χ4n) is 2.96. The molecule has 148 valence electrons. The maximum absolute atomic E-state index is 13.8. The molecule has 0 bridgehead atoms. The molecule has 0 atom stereocenters. The number of rotatable bonds is 5. The molecule has 1 N–H and O–H groups in total. The molecule has 30 heavy (non-hydrogen) atoms. The van der Waals surface area contributed by atoms with E-state index in [0.717, 1.165) is 11.3 Å². The molecular formula is C24H18FN3O2. The van der Waals surface area contributed by atoms with Gasteiger partial charge in [0.25, 0.3) is 0 Å². The van der Waals surface area contributed by atoms with Crippen molar-refractivity contribution in [3.8, 4) is 17.0 Å². The van der Waals surface area contributed by atoms with Gasteiger partial charge in [0.1, 0.15) is 23.2 Å². The van der Waals surface area contributed by atoms with Gasteiger partial charge >= 0.3 is 5.97 Å². The summed E-state index contributed by atoms with van der Waals surface area (Å²) in [5, 5.41) is 3.20. The molecule has 0 amide bonds. The maximum atomic E-state index is 13.8. The van der Waals surface area contributed by atoms with E-state index in [4.69, 9.17) is 4.74 Å². The van der Waals surface area contributed by atoms with Crippen molar-refractivity contribution >= 4 is 17.5 Å². The predicted octanol–water partition coefficient (Wildman–Crippen LogP) is 5.55. The molecule has 3 aromatic carbocycles. The summed E-state index contributed by atoms with van der Waals surface area (Å²) in [7, 11) is 0. The topological polar surface area (TPSA) is 64.1 Å². The van der Waals surface area contributed by atoms with Gasteiger partial charge in [-0.05, 0) is 31.2 Å². The molecule has 0 unspecified atom stereocenters. The van der Waals surface area contributed by atoms with E-state index < -0.39 is 11.8 Å². The van der Waals surface area contributed by atoms with E-state index in [9.17, 15) is 9.18 Å². The maximum Gasteiger partial charge on any atom is 0.346 e. The van der Waals surface area contributed by atoms with Crippen LogP contribution in [0.1, 0.15) is 16.2 Å². The second-order valence-electron chi connectivity index (χ2n) is 6.57. The summed E-state index contributed by atoms with van der Waals surface area (Å²) in [6.45, 7) is 1.82. The van der Waals surface area contributed by atoms with Gasteiger partial charge < -0.3 is 10.1 Å². The van der Waals surface area contributed by atoms with Crippen LogP contribution in [-0.4, -0.2) is 15.9 Å². The normalized spacial score (nSPS) is 10.5. The van der Waals surface area contributed by atoms with Gasteiger partial charge in [-0.3, -0.25) is 0 Å². The van der Waals surface area contributed by atoms with Crippen LogP contribution in [0.25, 0.3) is 11.3 Å². The molecule has 0 fully saturated rings. The summed E-state index contributed by atoms with van der Waals surface area (Å²) in [5.41, 5.74) is 2.34. The van der Waals surface area contributed by atoms with E-state index >= 15 is 0 Å². The van der Waals surface area contributed by atoms with E-state index in [-0.39, 0.29) is 5.56 Å². The lowest BCUT2D eigenvalue weighted by Gasteiger charge is -2.10. The third kappa shape index (κ3) is 4.50. The Kier molecular flexibility index (Phi) is 5.48. The zero-order chi connectivity index (χ0) is 20.9. The highest BCUT2D eigenvalue weighted by atomic mass is 19.1. The SMILES string of the molecule is Cc1nc(Nc2cccc(OC(=O)c3ccccc3F)c2)cc(-c2ccccc2)n1. The van der Waals surface area contributed by atoms with Gasteiger partial charge in [0, 0.05) is 23.4 Å². The lowest BCUT2D eigenvalue weighted by atomic mass is 10.1. The third-order valence-corrected chi connectivity index (χ3v) is 4.32. The van der Waals surface area contributed by atoms with Crippen LogP contribution < -0.4 is 10.1 Å². The molecule has 0 saturated carbocycles. The van der Waals surface area contributed by atoms with Gasteiger partial charge in [-0.1, -0.05) is 48.5 Å². The first kappa shape index (κ1) is 19.3. The van der Waals surface area contributed by atoms with Crippen LogP contribution in [0.5, 0.6) is 5.75 Å². The lowest BCUT2D eigenvalue weighted by Crippen LogP contribution is -2.10. The minimum atomic E-state index is -0.755. The van der Waals surface area contributed by atoms with Crippen molar-refractivity contribution in [3.05, 3.63) is 102 Å². The Labute approximate surface area is 173 Å². The monoisotopic (exact) mass is 399 g/mol.